The molecule has 0 amide bonds. The molecule has 0 unspecified atom stereocenters. The minimum Gasteiger partial charge on any atom is -0.354 e. The van der Waals surface area contributed by atoms with Crippen LogP contribution in [-0.4, -0.2) is 24.6 Å². The number of hydrogen-bond donors (Lipinski definition) is 1. The molecule has 3 nitrogen and oxygen atoms in total. The molecule has 4 heteroatoms. The molecule has 90 valence electrons. The van der Waals surface area contributed by atoms with Crippen molar-refractivity contribution in [2.45, 2.75) is 26.7 Å². The number of hydrogen-bond acceptors (Lipinski definition) is 3. The molecule has 0 aliphatic carbocycles. The summed E-state index contributed by atoms with van der Waals surface area (Å²) < 4.78 is 1.08. The number of aryl methyl sites for hydroxylation is 1. The number of unbranched alkanes of at least 4 members (excludes halogenated alkanes) is 1. The first-order valence-electron chi connectivity index (χ1n) is 5.76. The monoisotopic (exact) mass is 285 g/mol. The average molecular weight is 286 g/mol. The highest BCUT2D eigenvalue weighted by atomic mass is 79.9. The number of pyridine rings is 1. The highest BCUT2D eigenvalue weighted by Gasteiger charge is 2.11. The summed E-state index contributed by atoms with van der Waals surface area (Å²) in [5.74, 6) is 1.01. The lowest BCUT2D eigenvalue weighted by molar-refractivity contribution is 0.706. The van der Waals surface area contributed by atoms with E-state index in [9.17, 15) is 0 Å². The summed E-state index contributed by atoms with van der Waals surface area (Å²) in [6.07, 6.45) is 4.21. The van der Waals surface area contributed by atoms with Crippen LogP contribution in [0.1, 0.15) is 25.3 Å². The molecule has 1 heterocycles. The summed E-state index contributed by atoms with van der Waals surface area (Å²) in [4.78, 5) is 6.69. The number of rotatable bonds is 6. The average Bonchev–Trinajstić information content (AvgIpc) is 2.28. The van der Waals surface area contributed by atoms with Crippen molar-refractivity contribution >= 4 is 21.7 Å². The zero-order valence-electron chi connectivity index (χ0n) is 10.0. The molecule has 0 fully saturated rings. The fraction of sp³-hybridized carbons (Fsp3) is 0.583. The van der Waals surface area contributed by atoms with Gasteiger partial charge in [0.25, 0.3) is 0 Å². The molecule has 1 aromatic heterocycles. The van der Waals surface area contributed by atoms with E-state index in [-0.39, 0.29) is 0 Å². The van der Waals surface area contributed by atoms with E-state index in [4.69, 9.17) is 5.73 Å². The number of anilines is 1. The molecule has 0 saturated heterocycles. The van der Waals surface area contributed by atoms with Gasteiger partial charge in [-0.15, -0.1) is 0 Å². The first-order valence-corrected chi connectivity index (χ1v) is 6.56. The topological polar surface area (TPSA) is 42.1 Å². The lowest BCUT2D eigenvalue weighted by Gasteiger charge is -2.24. The van der Waals surface area contributed by atoms with Crippen LogP contribution in [0, 0.1) is 6.92 Å². The zero-order chi connectivity index (χ0) is 12.0. The van der Waals surface area contributed by atoms with Crippen molar-refractivity contribution in [1.29, 1.82) is 0 Å². The van der Waals surface area contributed by atoms with Crippen LogP contribution in [-0.2, 0) is 0 Å². The Morgan fingerprint density at radius 1 is 1.44 bits per heavy atom. The normalized spacial score (nSPS) is 10.5. The SMILES string of the molecule is CCCCN(CCN)c1nccc(C)c1Br. The van der Waals surface area contributed by atoms with E-state index >= 15 is 0 Å². The van der Waals surface area contributed by atoms with Gasteiger partial charge in [-0.3, -0.25) is 0 Å². The van der Waals surface area contributed by atoms with E-state index in [1.54, 1.807) is 0 Å². The minimum absolute atomic E-state index is 0.659. The van der Waals surface area contributed by atoms with Gasteiger partial charge >= 0.3 is 0 Å². The van der Waals surface area contributed by atoms with Crippen molar-refractivity contribution in [2.75, 3.05) is 24.5 Å². The predicted molar refractivity (Wildman–Crippen MR) is 72.8 cm³/mol. The van der Waals surface area contributed by atoms with E-state index in [2.05, 4.69) is 39.7 Å². The third-order valence-electron chi connectivity index (χ3n) is 2.54. The van der Waals surface area contributed by atoms with Crippen LogP contribution < -0.4 is 10.6 Å². The molecule has 0 spiro atoms. The van der Waals surface area contributed by atoms with E-state index in [0.29, 0.717) is 6.54 Å². The molecule has 0 aliphatic rings. The van der Waals surface area contributed by atoms with Crippen molar-refractivity contribution in [1.82, 2.24) is 4.98 Å². The second-order valence-electron chi connectivity index (χ2n) is 3.89. The van der Waals surface area contributed by atoms with Gasteiger partial charge in [0, 0.05) is 25.8 Å². The smallest absolute Gasteiger partial charge is 0.143 e. The van der Waals surface area contributed by atoms with Crippen molar-refractivity contribution in [3.05, 3.63) is 22.3 Å². The maximum absolute atomic E-state index is 5.64. The molecule has 2 N–H and O–H groups in total. The second kappa shape index (κ2) is 6.86. The van der Waals surface area contributed by atoms with Gasteiger partial charge in [0.2, 0.25) is 0 Å². The predicted octanol–water partition coefficient (Wildman–Crippen LogP) is 2.72. The lowest BCUT2D eigenvalue weighted by Crippen LogP contribution is -2.31. The summed E-state index contributed by atoms with van der Waals surface area (Å²) >= 11 is 3.60. The van der Waals surface area contributed by atoms with Crippen LogP contribution in [0.3, 0.4) is 0 Å². The van der Waals surface area contributed by atoms with Crippen molar-refractivity contribution in [3.8, 4) is 0 Å². The van der Waals surface area contributed by atoms with Crippen molar-refractivity contribution < 1.29 is 0 Å². The molecule has 0 aromatic carbocycles. The fourth-order valence-electron chi connectivity index (χ4n) is 1.57. The first kappa shape index (κ1) is 13.5. The van der Waals surface area contributed by atoms with Gasteiger partial charge < -0.3 is 10.6 Å². The Morgan fingerprint density at radius 2 is 2.19 bits per heavy atom. The van der Waals surface area contributed by atoms with Gasteiger partial charge in [-0.05, 0) is 40.9 Å². The molecule has 0 saturated carbocycles. The molecule has 0 bridgehead atoms. The quantitative estimate of drug-likeness (QED) is 0.874. The third-order valence-corrected chi connectivity index (χ3v) is 3.52. The molecule has 16 heavy (non-hydrogen) atoms. The number of aromatic nitrogens is 1. The van der Waals surface area contributed by atoms with E-state index in [0.717, 1.165) is 23.4 Å². The number of halogens is 1. The van der Waals surface area contributed by atoms with Crippen LogP contribution in [0.15, 0.2) is 16.7 Å². The number of nitrogens with zero attached hydrogens (tertiary/aromatic N) is 2. The molecule has 1 aromatic rings. The zero-order valence-corrected chi connectivity index (χ0v) is 11.6. The lowest BCUT2D eigenvalue weighted by atomic mass is 10.2. The maximum atomic E-state index is 5.64. The minimum atomic E-state index is 0.659. The summed E-state index contributed by atoms with van der Waals surface area (Å²) in [6, 6.07) is 2.01. The van der Waals surface area contributed by atoms with E-state index in [1.165, 1.54) is 18.4 Å². The van der Waals surface area contributed by atoms with Crippen LogP contribution in [0.2, 0.25) is 0 Å². The molecular weight excluding hydrogens is 266 g/mol. The van der Waals surface area contributed by atoms with Crippen LogP contribution in [0.5, 0.6) is 0 Å². The Labute approximate surface area is 106 Å². The van der Waals surface area contributed by atoms with E-state index < -0.39 is 0 Å². The summed E-state index contributed by atoms with van der Waals surface area (Å²) in [7, 11) is 0. The molecular formula is C12H20BrN3. The standard InChI is InChI=1S/C12H20BrN3/c1-3-4-8-16(9-6-14)12-11(13)10(2)5-7-15-12/h5,7H,3-4,6,8-9,14H2,1-2H3. The van der Waals surface area contributed by atoms with Gasteiger partial charge in [-0.25, -0.2) is 4.98 Å². The summed E-state index contributed by atoms with van der Waals surface area (Å²) in [6.45, 7) is 6.80. The Kier molecular flexibility index (Phi) is 5.77. The van der Waals surface area contributed by atoms with Crippen LogP contribution >= 0.6 is 15.9 Å². The Morgan fingerprint density at radius 3 is 2.81 bits per heavy atom. The largest absolute Gasteiger partial charge is 0.354 e. The van der Waals surface area contributed by atoms with Gasteiger partial charge in [0.15, 0.2) is 0 Å². The van der Waals surface area contributed by atoms with Crippen molar-refractivity contribution in [3.63, 3.8) is 0 Å². The van der Waals surface area contributed by atoms with Crippen LogP contribution in [0.4, 0.5) is 5.82 Å². The Bertz CT molecular complexity index is 328. The highest BCUT2D eigenvalue weighted by molar-refractivity contribution is 9.10. The van der Waals surface area contributed by atoms with Crippen molar-refractivity contribution in [2.24, 2.45) is 5.73 Å². The third kappa shape index (κ3) is 3.46. The first-order chi connectivity index (χ1) is 7.70. The van der Waals surface area contributed by atoms with Gasteiger partial charge in [-0.1, -0.05) is 13.3 Å². The molecule has 0 atom stereocenters. The molecule has 1 rings (SSSR count). The van der Waals surface area contributed by atoms with Gasteiger partial charge in [-0.2, -0.15) is 0 Å². The second-order valence-corrected chi connectivity index (χ2v) is 4.69. The number of nitrogens with two attached hydrogens (primary N) is 1. The molecule has 0 aliphatic heterocycles. The highest BCUT2D eigenvalue weighted by Crippen LogP contribution is 2.26. The summed E-state index contributed by atoms with van der Waals surface area (Å²) in [5.41, 5.74) is 6.85. The van der Waals surface area contributed by atoms with E-state index in [1.807, 2.05) is 12.3 Å². The maximum Gasteiger partial charge on any atom is 0.143 e. The fourth-order valence-corrected chi connectivity index (χ4v) is 2.06. The van der Waals surface area contributed by atoms with Gasteiger partial charge in [0.05, 0.1) is 4.47 Å². The molecule has 0 radical (unpaired) electrons. The Hall–Kier alpha value is -0.610. The van der Waals surface area contributed by atoms with Gasteiger partial charge in [0.1, 0.15) is 5.82 Å². The Balaban J connectivity index is 2.86. The van der Waals surface area contributed by atoms with Crippen LogP contribution in [0.25, 0.3) is 0 Å². The summed E-state index contributed by atoms with van der Waals surface area (Å²) in [5, 5.41) is 0.